The number of aryl methyl sites for hydroxylation is 2. The molecule has 0 saturated heterocycles. The average molecular weight is 199 g/mol. The van der Waals surface area contributed by atoms with Gasteiger partial charge in [0.25, 0.3) is 0 Å². The number of nitrogens with one attached hydrogen (secondary N) is 1. The van der Waals surface area contributed by atoms with Crippen LogP contribution in [-0.2, 0) is 17.3 Å². The Balaban J connectivity index is 2.99. The minimum Gasteiger partial charge on any atom is -0.286 e. The summed E-state index contributed by atoms with van der Waals surface area (Å²) in [5.74, 6) is 0. The van der Waals surface area contributed by atoms with Crippen LogP contribution in [0.2, 0.25) is 0 Å². The van der Waals surface area contributed by atoms with E-state index >= 15 is 0 Å². The van der Waals surface area contributed by atoms with Crippen molar-refractivity contribution in [3.8, 4) is 0 Å². The molecule has 0 aromatic heterocycles. The first-order valence-corrected chi connectivity index (χ1v) is 5.31. The molecule has 0 saturated carbocycles. The predicted molar refractivity (Wildman–Crippen MR) is 54.5 cm³/mol. The van der Waals surface area contributed by atoms with Crippen LogP contribution in [0.15, 0.2) is 18.2 Å². The number of anilines is 1. The SMILES string of the molecule is CCc1cc(N[SH](=O)=O)ccc1C. The first-order valence-electron chi connectivity index (χ1n) is 4.14. The molecule has 0 radical (unpaired) electrons. The van der Waals surface area contributed by atoms with Gasteiger partial charge in [-0.2, -0.15) is 0 Å². The summed E-state index contributed by atoms with van der Waals surface area (Å²) in [6, 6.07) is 5.54. The van der Waals surface area contributed by atoms with Crippen molar-refractivity contribution in [3.63, 3.8) is 0 Å². The highest BCUT2D eigenvalue weighted by Crippen LogP contribution is 2.15. The van der Waals surface area contributed by atoms with Gasteiger partial charge in [-0.15, -0.1) is 0 Å². The molecular formula is C9H13NO2S. The Morgan fingerprint density at radius 2 is 2.08 bits per heavy atom. The van der Waals surface area contributed by atoms with E-state index in [1.54, 1.807) is 6.07 Å². The molecule has 0 aliphatic heterocycles. The fraction of sp³-hybridized carbons (Fsp3) is 0.333. The van der Waals surface area contributed by atoms with Crippen LogP contribution in [0.25, 0.3) is 0 Å². The van der Waals surface area contributed by atoms with E-state index in [-0.39, 0.29) is 0 Å². The van der Waals surface area contributed by atoms with Crippen molar-refractivity contribution in [2.24, 2.45) is 0 Å². The highest BCUT2D eigenvalue weighted by atomic mass is 32.2. The van der Waals surface area contributed by atoms with Crippen molar-refractivity contribution in [1.82, 2.24) is 0 Å². The van der Waals surface area contributed by atoms with E-state index in [1.807, 2.05) is 26.0 Å². The van der Waals surface area contributed by atoms with Crippen LogP contribution in [0, 0.1) is 6.92 Å². The number of thiol groups is 1. The molecule has 72 valence electrons. The van der Waals surface area contributed by atoms with Gasteiger partial charge in [-0.25, -0.2) is 8.42 Å². The maximum absolute atomic E-state index is 10.4. The second-order valence-electron chi connectivity index (χ2n) is 2.86. The van der Waals surface area contributed by atoms with E-state index < -0.39 is 10.9 Å². The lowest BCUT2D eigenvalue weighted by atomic mass is 10.1. The summed E-state index contributed by atoms with van der Waals surface area (Å²) in [4.78, 5) is 0. The Kier molecular flexibility index (Phi) is 3.31. The van der Waals surface area contributed by atoms with Crippen LogP contribution in [0.5, 0.6) is 0 Å². The molecule has 0 aliphatic rings. The van der Waals surface area contributed by atoms with Gasteiger partial charge in [0.05, 0.1) is 0 Å². The topological polar surface area (TPSA) is 46.2 Å². The monoisotopic (exact) mass is 199 g/mol. The first kappa shape index (κ1) is 10.1. The fourth-order valence-electron chi connectivity index (χ4n) is 1.23. The summed E-state index contributed by atoms with van der Waals surface area (Å²) in [7, 11) is -2.55. The zero-order valence-electron chi connectivity index (χ0n) is 7.70. The Bertz CT molecular complexity index is 364. The average Bonchev–Trinajstić information content (AvgIpc) is 2.07. The van der Waals surface area contributed by atoms with E-state index in [0.29, 0.717) is 5.69 Å². The molecule has 3 nitrogen and oxygen atoms in total. The number of hydrogen-bond acceptors (Lipinski definition) is 2. The zero-order valence-corrected chi connectivity index (χ0v) is 8.60. The van der Waals surface area contributed by atoms with E-state index in [1.165, 1.54) is 11.1 Å². The lowest BCUT2D eigenvalue weighted by Gasteiger charge is -2.05. The molecule has 1 aromatic carbocycles. The third kappa shape index (κ3) is 2.73. The quantitative estimate of drug-likeness (QED) is 0.725. The highest BCUT2D eigenvalue weighted by molar-refractivity contribution is 7.73. The number of rotatable bonds is 3. The summed E-state index contributed by atoms with van der Waals surface area (Å²) in [5, 5.41) is 0. The van der Waals surface area contributed by atoms with Gasteiger partial charge in [0.15, 0.2) is 0 Å². The van der Waals surface area contributed by atoms with Gasteiger partial charge in [0.2, 0.25) is 10.9 Å². The van der Waals surface area contributed by atoms with E-state index in [0.717, 1.165) is 6.42 Å². The van der Waals surface area contributed by atoms with Crippen LogP contribution in [0.1, 0.15) is 18.1 Å². The van der Waals surface area contributed by atoms with Gasteiger partial charge in [0, 0.05) is 5.69 Å². The van der Waals surface area contributed by atoms with E-state index in [2.05, 4.69) is 4.72 Å². The normalized spacial score (nSPS) is 10.4. The molecule has 0 amide bonds. The van der Waals surface area contributed by atoms with Crippen molar-refractivity contribution < 1.29 is 8.42 Å². The van der Waals surface area contributed by atoms with Gasteiger partial charge >= 0.3 is 0 Å². The third-order valence-electron chi connectivity index (χ3n) is 1.95. The van der Waals surface area contributed by atoms with E-state index in [4.69, 9.17) is 0 Å². The van der Waals surface area contributed by atoms with Crippen LogP contribution in [-0.4, -0.2) is 8.42 Å². The highest BCUT2D eigenvalue weighted by Gasteiger charge is 1.97. The molecule has 0 fully saturated rings. The maximum atomic E-state index is 10.4. The first-order chi connectivity index (χ1) is 6.13. The van der Waals surface area contributed by atoms with Crippen molar-refractivity contribution in [2.45, 2.75) is 20.3 Å². The maximum Gasteiger partial charge on any atom is 0.222 e. The van der Waals surface area contributed by atoms with Crippen LogP contribution in [0.4, 0.5) is 5.69 Å². The van der Waals surface area contributed by atoms with Crippen molar-refractivity contribution in [2.75, 3.05) is 4.72 Å². The number of hydrogen-bond donors (Lipinski definition) is 2. The van der Waals surface area contributed by atoms with Gasteiger partial charge in [0.1, 0.15) is 0 Å². The molecule has 0 bridgehead atoms. The third-order valence-corrected chi connectivity index (χ3v) is 2.39. The molecule has 0 atom stereocenters. The van der Waals surface area contributed by atoms with Gasteiger partial charge in [-0.3, -0.25) is 4.72 Å². The summed E-state index contributed by atoms with van der Waals surface area (Å²) in [6.45, 7) is 4.06. The number of benzene rings is 1. The van der Waals surface area contributed by atoms with Crippen molar-refractivity contribution >= 4 is 16.6 Å². The molecule has 1 aromatic rings. The molecule has 1 N–H and O–H groups in total. The molecule has 1 rings (SSSR count). The molecule has 4 heteroatoms. The fourth-order valence-corrected chi connectivity index (χ4v) is 1.58. The lowest BCUT2D eigenvalue weighted by molar-refractivity contribution is 0.619. The Hall–Kier alpha value is -1.03. The zero-order chi connectivity index (χ0) is 9.84. The smallest absolute Gasteiger partial charge is 0.222 e. The van der Waals surface area contributed by atoms with E-state index in [9.17, 15) is 8.42 Å². The van der Waals surface area contributed by atoms with Crippen LogP contribution < -0.4 is 4.72 Å². The molecular weight excluding hydrogens is 186 g/mol. The molecule has 0 unspecified atom stereocenters. The lowest BCUT2D eigenvalue weighted by Crippen LogP contribution is -1.96. The molecule has 0 heterocycles. The van der Waals surface area contributed by atoms with Crippen molar-refractivity contribution in [1.29, 1.82) is 0 Å². The van der Waals surface area contributed by atoms with Gasteiger partial charge in [-0.1, -0.05) is 13.0 Å². The van der Waals surface area contributed by atoms with Crippen LogP contribution in [0.3, 0.4) is 0 Å². The summed E-state index contributed by atoms with van der Waals surface area (Å²) < 4.78 is 23.1. The Morgan fingerprint density at radius 1 is 1.38 bits per heavy atom. The minimum atomic E-state index is -2.55. The molecule has 13 heavy (non-hydrogen) atoms. The molecule has 0 spiro atoms. The Morgan fingerprint density at radius 3 is 2.62 bits per heavy atom. The largest absolute Gasteiger partial charge is 0.286 e. The predicted octanol–water partition coefficient (Wildman–Crippen LogP) is 1.50. The summed E-state index contributed by atoms with van der Waals surface area (Å²) >= 11 is 0. The standard InChI is InChI=1S/C9H13NO2S/c1-3-8-6-9(10-13(11)12)5-4-7(8)2/h4-6,13H,3H2,1-2H3,(H,10,11,12). The molecule has 0 aliphatic carbocycles. The van der Waals surface area contributed by atoms with Gasteiger partial charge < -0.3 is 0 Å². The minimum absolute atomic E-state index is 0.638. The second-order valence-corrected chi connectivity index (χ2v) is 3.60. The Labute approximate surface area is 79.9 Å². The summed E-state index contributed by atoms with van der Waals surface area (Å²) in [6.07, 6.45) is 0.914. The summed E-state index contributed by atoms with van der Waals surface area (Å²) in [5.41, 5.74) is 2.99. The second kappa shape index (κ2) is 4.28. The van der Waals surface area contributed by atoms with Gasteiger partial charge in [-0.05, 0) is 36.6 Å². The van der Waals surface area contributed by atoms with Crippen molar-refractivity contribution in [3.05, 3.63) is 29.3 Å². The van der Waals surface area contributed by atoms with Crippen LogP contribution >= 0.6 is 0 Å².